The van der Waals surface area contributed by atoms with Gasteiger partial charge in [0.15, 0.2) is 0 Å². The van der Waals surface area contributed by atoms with E-state index in [0.29, 0.717) is 22.6 Å². The summed E-state index contributed by atoms with van der Waals surface area (Å²) in [5, 5.41) is 11.6. The monoisotopic (exact) mass is 560 g/mol. The SMILES string of the molecule is COc1cc(F)cc(-c2cccc3[nH]c(-c4n[nH]c5ccc(-c6cncc(NC(=O)C7CCCCC7)c6)nc45)cc23)c1. The van der Waals surface area contributed by atoms with Crippen LogP contribution < -0.4 is 10.1 Å². The van der Waals surface area contributed by atoms with Crippen LogP contribution in [0.25, 0.3) is 55.7 Å². The summed E-state index contributed by atoms with van der Waals surface area (Å²) >= 11 is 0. The summed E-state index contributed by atoms with van der Waals surface area (Å²) in [5.41, 5.74) is 7.60. The van der Waals surface area contributed by atoms with Crippen molar-refractivity contribution in [2.24, 2.45) is 5.92 Å². The van der Waals surface area contributed by atoms with Crippen LogP contribution in [-0.4, -0.2) is 38.2 Å². The third kappa shape index (κ3) is 4.87. The van der Waals surface area contributed by atoms with Gasteiger partial charge in [0, 0.05) is 34.6 Å². The van der Waals surface area contributed by atoms with Gasteiger partial charge in [0.25, 0.3) is 0 Å². The predicted molar refractivity (Wildman–Crippen MR) is 162 cm³/mol. The second-order valence-electron chi connectivity index (χ2n) is 10.8. The Labute approximate surface area is 241 Å². The lowest BCUT2D eigenvalue weighted by molar-refractivity contribution is -0.120. The van der Waals surface area contributed by atoms with Gasteiger partial charge in [-0.25, -0.2) is 9.37 Å². The molecule has 4 heterocycles. The molecule has 9 heteroatoms. The van der Waals surface area contributed by atoms with Crippen molar-refractivity contribution in [2.75, 3.05) is 12.4 Å². The number of ether oxygens (including phenoxy) is 1. The minimum atomic E-state index is -0.362. The van der Waals surface area contributed by atoms with Gasteiger partial charge in [-0.1, -0.05) is 31.4 Å². The molecule has 0 bridgehead atoms. The molecule has 0 atom stereocenters. The van der Waals surface area contributed by atoms with Crippen LogP contribution in [0.4, 0.5) is 10.1 Å². The van der Waals surface area contributed by atoms with E-state index in [2.05, 4.69) is 25.5 Å². The number of hydrogen-bond acceptors (Lipinski definition) is 5. The van der Waals surface area contributed by atoms with E-state index in [1.807, 2.05) is 48.5 Å². The highest BCUT2D eigenvalue weighted by molar-refractivity contribution is 6.00. The van der Waals surface area contributed by atoms with E-state index in [4.69, 9.17) is 9.72 Å². The second-order valence-corrected chi connectivity index (χ2v) is 10.8. The van der Waals surface area contributed by atoms with Gasteiger partial charge < -0.3 is 15.0 Å². The maximum absolute atomic E-state index is 14.3. The number of fused-ring (bicyclic) bond motifs is 2. The Morgan fingerprint density at radius 2 is 1.86 bits per heavy atom. The molecule has 42 heavy (non-hydrogen) atoms. The zero-order valence-corrected chi connectivity index (χ0v) is 23.1. The highest BCUT2D eigenvalue weighted by Crippen LogP contribution is 2.36. The highest BCUT2D eigenvalue weighted by Gasteiger charge is 2.21. The Morgan fingerprint density at radius 1 is 0.976 bits per heavy atom. The highest BCUT2D eigenvalue weighted by atomic mass is 19.1. The average molecular weight is 561 g/mol. The van der Waals surface area contributed by atoms with Gasteiger partial charge >= 0.3 is 0 Å². The topological polar surface area (TPSA) is 109 Å². The number of hydrogen-bond donors (Lipinski definition) is 3. The number of halogens is 1. The molecular weight excluding hydrogens is 531 g/mol. The third-order valence-corrected chi connectivity index (χ3v) is 8.02. The molecule has 0 spiro atoms. The lowest BCUT2D eigenvalue weighted by Crippen LogP contribution is -2.24. The minimum Gasteiger partial charge on any atom is -0.497 e. The van der Waals surface area contributed by atoms with Crippen LogP contribution in [0.1, 0.15) is 32.1 Å². The second kappa shape index (κ2) is 10.7. The van der Waals surface area contributed by atoms with E-state index in [1.165, 1.54) is 25.7 Å². The maximum Gasteiger partial charge on any atom is 0.227 e. The van der Waals surface area contributed by atoms with Crippen LogP contribution in [0.2, 0.25) is 0 Å². The summed E-state index contributed by atoms with van der Waals surface area (Å²) in [6, 6.07) is 18.3. The molecule has 1 aliphatic carbocycles. The maximum atomic E-state index is 14.3. The molecule has 210 valence electrons. The van der Waals surface area contributed by atoms with Gasteiger partial charge in [0.2, 0.25) is 5.91 Å². The van der Waals surface area contributed by atoms with Crippen molar-refractivity contribution >= 4 is 33.5 Å². The van der Waals surface area contributed by atoms with Gasteiger partial charge in [-0.05, 0) is 66.4 Å². The van der Waals surface area contributed by atoms with Crippen molar-refractivity contribution in [3.63, 3.8) is 0 Å². The average Bonchev–Trinajstić information content (AvgIpc) is 3.65. The molecule has 7 rings (SSSR count). The summed E-state index contributed by atoms with van der Waals surface area (Å²) in [7, 11) is 1.53. The normalized spacial score (nSPS) is 14.0. The number of amides is 1. The lowest BCUT2D eigenvalue weighted by Gasteiger charge is -2.20. The summed E-state index contributed by atoms with van der Waals surface area (Å²) in [6.45, 7) is 0. The number of pyridine rings is 2. The smallest absolute Gasteiger partial charge is 0.227 e. The summed E-state index contributed by atoms with van der Waals surface area (Å²) < 4.78 is 19.6. The van der Waals surface area contributed by atoms with Gasteiger partial charge in [0.1, 0.15) is 22.8 Å². The zero-order chi connectivity index (χ0) is 28.6. The van der Waals surface area contributed by atoms with Crippen LogP contribution in [0.15, 0.2) is 73.1 Å². The van der Waals surface area contributed by atoms with Crippen LogP contribution in [-0.2, 0) is 4.79 Å². The fourth-order valence-electron chi connectivity index (χ4n) is 5.88. The van der Waals surface area contributed by atoms with Crippen molar-refractivity contribution in [1.29, 1.82) is 0 Å². The number of nitrogens with one attached hydrogen (secondary N) is 3. The zero-order valence-electron chi connectivity index (χ0n) is 23.1. The van der Waals surface area contributed by atoms with Crippen LogP contribution in [0, 0.1) is 11.7 Å². The number of rotatable bonds is 6. The Kier molecular flexibility index (Phi) is 6.62. The van der Waals surface area contributed by atoms with Crippen molar-refractivity contribution in [1.82, 2.24) is 25.1 Å². The number of methoxy groups -OCH3 is 1. The molecule has 0 aliphatic heterocycles. The first-order valence-corrected chi connectivity index (χ1v) is 14.1. The van der Waals surface area contributed by atoms with E-state index in [-0.39, 0.29) is 17.6 Å². The molecule has 3 N–H and O–H groups in total. The standard InChI is InChI=1S/C33H29FN6O2/c1-42-24-14-20(12-22(34)15-24)25-8-5-9-28-26(25)16-30(37-28)32-31-29(39-40-32)11-10-27(38-31)21-13-23(18-35-17-21)36-33(41)19-6-3-2-4-7-19/h5,8-19,37H,2-4,6-7H2,1H3,(H,36,41)(H,39,40). The summed E-state index contributed by atoms with van der Waals surface area (Å²) in [4.78, 5) is 25.6. The van der Waals surface area contributed by atoms with Crippen molar-refractivity contribution in [3.05, 3.63) is 78.9 Å². The number of aromatic nitrogens is 5. The van der Waals surface area contributed by atoms with E-state index in [9.17, 15) is 9.18 Å². The first-order valence-electron chi connectivity index (χ1n) is 14.1. The van der Waals surface area contributed by atoms with E-state index in [1.54, 1.807) is 12.4 Å². The number of nitrogens with zero attached hydrogens (tertiary/aromatic N) is 3. The Morgan fingerprint density at radius 3 is 2.71 bits per heavy atom. The summed E-state index contributed by atoms with van der Waals surface area (Å²) in [5.74, 6) is 0.216. The molecule has 2 aromatic carbocycles. The van der Waals surface area contributed by atoms with Gasteiger partial charge in [-0.2, -0.15) is 5.10 Å². The molecule has 0 saturated heterocycles. The lowest BCUT2D eigenvalue weighted by atomic mass is 9.88. The molecule has 1 amide bonds. The fourth-order valence-corrected chi connectivity index (χ4v) is 5.88. The fraction of sp³-hybridized carbons (Fsp3) is 0.212. The molecule has 8 nitrogen and oxygen atoms in total. The van der Waals surface area contributed by atoms with Gasteiger partial charge in [-0.3, -0.25) is 14.9 Å². The van der Waals surface area contributed by atoms with E-state index < -0.39 is 0 Å². The Balaban J connectivity index is 1.23. The quantitative estimate of drug-likeness (QED) is 0.195. The van der Waals surface area contributed by atoms with Crippen molar-refractivity contribution in [2.45, 2.75) is 32.1 Å². The Bertz CT molecular complexity index is 1940. The molecule has 1 aliphatic rings. The largest absolute Gasteiger partial charge is 0.497 e. The molecule has 0 unspecified atom stereocenters. The summed E-state index contributed by atoms with van der Waals surface area (Å²) in [6.07, 6.45) is 8.69. The number of benzene rings is 2. The number of anilines is 1. The molecule has 0 radical (unpaired) electrons. The molecule has 4 aromatic heterocycles. The molecule has 1 fully saturated rings. The van der Waals surface area contributed by atoms with Crippen molar-refractivity contribution < 1.29 is 13.9 Å². The molecule has 1 saturated carbocycles. The minimum absolute atomic E-state index is 0.0593. The predicted octanol–water partition coefficient (Wildman–Crippen LogP) is 7.50. The van der Waals surface area contributed by atoms with Gasteiger partial charge in [-0.15, -0.1) is 0 Å². The molecule has 6 aromatic rings. The van der Waals surface area contributed by atoms with Crippen LogP contribution >= 0.6 is 0 Å². The number of H-pyrrole nitrogens is 2. The number of carbonyl (C=O) groups excluding carboxylic acids is 1. The number of carbonyl (C=O) groups is 1. The van der Waals surface area contributed by atoms with Gasteiger partial charge in [0.05, 0.1) is 35.9 Å². The van der Waals surface area contributed by atoms with E-state index in [0.717, 1.165) is 70.2 Å². The third-order valence-electron chi connectivity index (χ3n) is 8.02. The van der Waals surface area contributed by atoms with Crippen LogP contribution in [0.5, 0.6) is 5.75 Å². The van der Waals surface area contributed by atoms with Crippen molar-refractivity contribution in [3.8, 4) is 39.5 Å². The number of aromatic amines is 2. The molecular formula is C33H29FN6O2. The Hall–Kier alpha value is -5.05. The van der Waals surface area contributed by atoms with E-state index >= 15 is 0 Å². The first kappa shape index (κ1) is 25.9. The van der Waals surface area contributed by atoms with Crippen LogP contribution in [0.3, 0.4) is 0 Å². The first-order chi connectivity index (χ1) is 20.6.